The standard InChI is InChI=1S/C16H21.C2H6Si.2ClH.Zr/c1-4-12-11-16(13-9-7-8-10-13)15(6-3)14(12)5-2;1-3-2;;;/h7-11,13H,4-6H2,1-3H3;1-2H3;2*1H;/q-1;;;;+2/p-2. The van der Waals surface area contributed by atoms with Gasteiger partial charge in [-0.25, -0.2) is 0 Å². The molecule has 0 aromatic heterocycles. The van der Waals surface area contributed by atoms with Crippen LogP contribution in [-0.2, 0) is 42.6 Å². The van der Waals surface area contributed by atoms with Crippen LogP contribution < -0.4 is 24.8 Å². The van der Waals surface area contributed by atoms with E-state index in [9.17, 15) is 0 Å². The van der Waals surface area contributed by atoms with Crippen molar-refractivity contribution in [1.29, 1.82) is 0 Å². The van der Waals surface area contributed by atoms with Gasteiger partial charge in [-0.1, -0.05) is 64.3 Å². The van der Waals surface area contributed by atoms with E-state index in [0.717, 1.165) is 12.8 Å². The summed E-state index contributed by atoms with van der Waals surface area (Å²) in [5.74, 6) is 0.528. The van der Waals surface area contributed by atoms with E-state index in [-0.39, 0.29) is 30.2 Å². The molecule has 0 unspecified atom stereocenters. The van der Waals surface area contributed by atoms with Crippen molar-refractivity contribution in [3.8, 4) is 0 Å². The van der Waals surface area contributed by atoms with Gasteiger partial charge >= 0.3 is 41.9 Å². The van der Waals surface area contributed by atoms with Gasteiger partial charge in [0.1, 0.15) is 0 Å². The molecule has 0 bridgehead atoms. The molecule has 122 valence electrons. The van der Waals surface area contributed by atoms with E-state index in [1.165, 1.54) is 6.42 Å². The summed E-state index contributed by atoms with van der Waals surface area (Å²) in [5.41, 5.74) is 6.51. The molecule has 0 saturated heterocycles. The van der Waals surface area contributed by atoms with Crippen molar-refractivity contribution in [3.63, 3.8) is 0 Å². The largest absolute Gasteiger partial charge is 1.00 e. The smallest absolute Gasteiger partial charge is 1.00 e. The molecular formula is C18H27Cl2SiZr-. The van der Waals surface area contributed by atoms with E-state index < -0.39 is 0 Å². The van der Waals surface area contributed by atoms with E-state index in [1.807, 2.05) is 0 Å². The summed E-state index contributed by atoms with van der Waals surface area (Å²) in [5, 5.41) is 0. The SMILES string of the molecule is CCc1c(C2C=CC=C2)c[c-](CC)c1CC.C[Si](C)=[Zr+2].[Cl-].[Cl-]. The van der Waals surface area contributed by atoms with Crippen molar-refractivity contribution in [2.75, 3.05) is 0 Å². The van der Waals surface area contributed by atoms with Crippen molar-refractivity contribution in [1.82, 2.24) is 0 Å². The van der Waals surface area contributed by atoms with Crippen molar-refractivity contribution in [2.24, 2.45) is 0 Å². The molecule has 0 aliphatic heterocycles. The van der Waals surface area contributed by atoms with Gasteiger partial charge in [0.25, 0.3) is 0 Å². The maximum atomic E-state index is 2.43. The van der Waals surface area contributed by atoms with E-state index in [0.29, 0.717) is 5.92 Å². The fourth-order valence-corrected chi connectivity index (χ4v) is 2.84. The number of hydrogen-bond donors (Lipinski definition) is 0. The van der Waals surface area contributed by atoms with Crippen LogP contribution in [0.2, 0.25) is 13.1 Å². The maximum Gasteiger partial charge on any atom is -1.00 e. The van der Waals surface area contributed by atoms with Gasteiger partial charge in [0.15, 0.2) is 0 Å². The molecule has 0 nitrogen and oxygen atoms in total. The van der Waals surface area contributed by atoms with Gasteiger partial charge < -0.3 is 24.8 Å². The molecule has 0 atom stereocenters. The average molecular weight is 434 g/mol. The van der Waals surface area contributed by atoms with Crippen LogP contribution in [0.5, 0.6) is 0 Å². The van der Waals surface area contributed by atoms with Crippen LogP contribution in [0.1, 0.15) is 48.9 Å². The molecule has 0 radical (unpaired) electrons. The predicted octanol–water partition coefficient (Wildman–Crippen LogP) is -0.905. The first-order chi connectivity index (χ1) is 9.54. The Morgan fingerprint density at radius 1 is 1.05 bits per heavy atom. The molecular weight excluding hydrogens is 406 g/mol. The maximum absolute atomic E-state index is 2.43. The summed E-state index contributed by atoms with van der Waals surface area (Å²) in [4.78, 5) is 0. The quantitative estimate of drug-likeness (QED) is 0.426. The molecule has 4 heteroatoms. The molecule has 0 N–H and O–H groups in total. The number of aryl methyl sites for hydroxylation is 1. The summed E-state index contributed by atoms with van der Waals surface area (Å²) >= 11 is 1.74. The summed E-state index contributed by atoms with van der Waals surface area (Å²) in [6.07, 6.45) is 12.4. The summed E-state index contributed by atoms with van der Waals surface area (Å²) in [6.45, 7) is 11.4. The van der Waals surface area contributed by atoms with Gasteiger partial charge in [-0.15, -0.1) is 0 Å². The summed E-state index contributed by atoms with van der Waals surface area (Å²) in [7, 11) is 0. The fraction of sp³-hybridized carbons (Fsp3) is 0.500. The van der Waals surface area contributed by atoms with Crippen LogP contribution >= 0.6 is 0 Å². The van der Waals surface area contributed by atoms with Crippen molar-refractivity contribution in [3.05, 3.63) is 52.6 Å². The number of rotatable bonds is 4. The third-order valence-corrected chi connectivity index (χ3v) is 3.63. The van der Waals surface area contributed by atoms with Crippen LogP contribution in [0, 0.1) is 0 Å². The Hall–Kier alpha value is 0.510. The number of allylic oxidation sites excluding steroid dienone is 4. The molecule has 0 spiro atoms. The minimum atomic E-state index is 0. The molecule has 1 aromatic carbocycles. The van der Waals surface area contributed by atoms with Gasteiger partial charge in [-0.2, -0.15) is 28.3 Å². The van der Waals surface area contributed by atoms with E-state index >= 15 is 0 Å². The normalized spacial score (nSPS) is 12.3. The molecule has 0 fully saturated rings. The first kappa shape index (κ1) is 24.8. The van der Waals surface area contributed by atoms with Gasteiger partial charge in [-0.05, 0) is 5.92 Å². The Kier molecular flexibility index (Phi) is 14.5. The summed E-state index contributed by atoms with van der Waals surface area (Å²) in [6, 6.07) is 2.43. The zero-order valence-electron chi connectivity index (χ0n) is 14.3. The monoisotopic (exact) mass is 431 g/mol. The molecule has 0 amide bonds. The van der Waals surface area contributed by atoms with Gasteiger partial charge in [0, 0.05) is 0 Å². The van der Waals surface area contributed by atoms with Crippen LogP contribution in [-0.4, -0.2) is 5.43 Å². The zero-order chi connectivity index (χ0) is 15.1. The van der Waals surface area contributed by atoms with Crippen LogP contribution in [0.15, 0.2) is 30.4 Å². The second kappa shape index (κ2) is 12.9. The van der Waals surface area contributed by atoms with E-state index in [4.69, 9.17) is 0 Å². The van der Waals surface area contributed by atoms with Gasteiger partial charge in [0.05, 0.1) is 0 Å². The Balaban J connectivity index is 0. The second-order valence-corrected chi connectivity index (χ2v) is 14.8. The molecule has 0 heterocycles. The second-order valence-electron chi connectivity index (χ2n) is 5.44. The molecule has 1 aromatic rings. The van der Waals surface area contributed by atoms with E-state index in [1.54, 1.807) is 45.6 Å². The predicted molar refractivity (Wildman–Crippen MR) is 88.7 cm³/mol. The Labute approximate surface area is 164 Å². The summed E-state index contributed by atoms with van der Waals surface area (Å²) < 4.78 is 0. The van der Waals surface area contributed by atoms with Crippen LogP contribution in [0.3, 0.4) is 0 Å². The minimum Gasteiger partial charge on any atom is -1.00 e. The van der Waals surface area contributed by atoms with Crippen molar-refractivity contribution in [2.45, 2.75) is 59.0 Å². The van der Waals surface area contributed by atoms with Gasteiger partial charge in [0.2, 0.25) is 0 Å². The molecule has 1 aliphatic rings. The first-order valence-electron chi connectivity index (χ1n) is 7.71. The third-order valence-electron chi connectivity index (χ3n) is 3.63. The van der Waals surface area contributed by atoms with Gasteiger partial charge in [-0.3, -0.25) is 0 Å². The molecule has 0 saturated carbocycles. The van der Waals surface area contributed by atoms with E-state index in [2.05, 4.69) is 64.2 Å². The number of hydrogen-bond acceptors (Lipinski definition) is 0. The zero-order valence-corrected chi connectivity index (χ0v) is 19.3. The topological polar surface area (TPSA) is 0 Å². The minimum absolute atomic E-state index is 0. The fourth-order valence-electron chi connectivity index (χ4n) is 2.84. The van der Waals surface area contributed by atoms with Crippen LogP contribution in [0.25, 0.3) is 0 Å². The third kappa shape index (κ3) is 6.95. The average Bonchev–Trinajstić information content (AvgIpc) is 3.03. The Bertz CT molecular complexity index is 499. The molecule has 1 aliphatic carbocycles. The first-order valence-corrected chi connectivity index (χ1v) is 13.9. The Morgan fingerprint density at radius 3 is 1.91 bits per heavy atom. The van der Waals surface area contributed by atoms with Crippen molar-refractivity contribution < 1.29 is 48.1 Å². The molecule has 22 heavy (non-hydrogen) atoms. The molecule has 2 rings (SSSR count). The van der Waals surface area contributed by atoms with Crippen LogP contribution in [0.4, 0.5) is 0 Å². The Morgan fingerprint density at radius 2 is 1.55 bits per heavy atom. The number of halogens is 2. The van der Waals surface area contributed by atoms with Crippen molar-refractivity contribution >= 4 is 5.43 Å².